The lowest BCUT2D eigenvalue weighted by molar-refractivity contribution is -0.136. The maximum Gasteiger partial charge on any atom is 0.317 e. The van der Waals surface area contributed by atoms with Gasteiger partial charge >= 0.3 is 12.0 Å². The molecule has 6 nitrogen and oxygen atoms in total. The van der Waals surface area contributed by atoms with Crippen LogP contribution in [0.25, 0.3) is 0 Å². The minimum atomic E-state index is -0.933. The summed E-state index contributed by atoms with van der Waals surface area (Å²) in [7, 11) is 0. The molecule has 0 aromatic heterocycles. The van der Waals surface area contributed by atoms with E-state index in [-0.39, 0.29) is 31.6 Å². The smallest absolute Gasteiger partial charge is 0.317 e. The third-order valence-corrected chi connectivity index (χ3v) is 2.71. The molecule has 0 bridgehead atoms. The van der Waals surface area contributed by atoms with Gasteiger partial charge in [0.25, 0.3) is 0 Å². The Morgan fingerprint density at radius 1 is 1.38 bits per heavy atom. The molecule has 1 fully saturated rings. The van der Waals surface area contributed by atoms with E-state index in [1.807, 2.05) is 0 Å². The van der Waals surface area contributed by atoms with Gasteiger partial charge in [0.2, 0.25) is 0 Å². The topological polar surface area (TPSA) is 89.9 Å². The Hall–Kier alpha value is -1.30. The number of nitrogens with one attached hydrogen (secondary N) is 1. The molecule has 0 spiro atoms. The molecule has 1 rings (SSSR count). The largest absolute Gasteiger partial charge is 0.481 e. The summed E-state index contributed by atoms with van der Waals surface area (Å²) in [5.74, 6) is -0.933. The first-order chi connectivity index (χ1) is 7.65. The number of rotatable bonds is 4. The minimum Gasteiger partial charge on any atom is -0.481 e. The SMILES string of the molecule is O=C(O)CCNC(=O)N1CCCCC1CO. The normalized spacial score (nSPS) is 20.6. The van der Waals surface area contributed by atoms with Gasteiger partial charge in [-0.05, 0) is 19.3 Å². The molecule has 0 aliphatic carbocycles. The standard InChI is InChI=1S/C10H18N2O4/c13-7-8-3-1-2-6-12(8)10(16)11-5-4-9(14)15/h8,13H,1-7H2,(H,11,16)(H,14,15). The first-order valence-corrected chi connectivity index (χ1v) is 5.52. The Morgan fingerprint density at radius 2 is 2.12 bits per heavy atom. The average Bonchev–Trinajstić information content (AvgIpc) is 2.28. The zero-order valence-electron chi connectivity index (χ0n) is 9.19. The molecule has 1 saturated heterocycles. The average molecular weight is 230 g/mol. The van der Waals surface area contributed by atoms with Gasteiger partial charge in [-0.15, -0.1) is 0 Å². The van der Waals surface area contributed by atoms with Crippen molar-refractivity contribution in [2.45, 2.75) is 31.7 Å². The number of hydrogen-bond acceptors (Lipinski definition) is 3. The second kappa shape index (κ2) is 6.32. The number of hydrogen-bond donors (Lipinski definition) is 3. The molecule has 0 aromatic carbocycles. The molecule has 0 radical (unpaired) electrons. The number of urea groups is 1. The quantitative estimate of drug-likeness (QED) is 0.635. The lowest BCUT2D eigenvalue weighted by atomic mass is 10.0. The molecule has 1 aliphatic heterocycles. The lowest BCUT2D eigenvalue weighted by Gasteiger charge is -2.34. The van der Waals surface area contributed by atoms with E-state index in [9.17, 15) is 9.59 Å². The Bertz CT molecular complexity index is 257. The van der Waals surface area contributed by atoms with Gasteiger partial charge in [-0.1, -0.05) is 0 Å². The van der Waals surface area contributed by atoms with Gasteiger partial charge in [-0.25, -0.2) is 4.79 Å². The van der Waals surface area contributed by atoms with Crippen LogP contribution in [0.5, 0.6) is 0 Å². The van der Waals surface area contributed by atoms with Crippen LogP contribution in [-0.4, -0.2) is 52.9 Å². The van der Waals surface area contributed by atoms with Crippen molar-refractivity contribution in [2.24, 2.45) is 0 Å². The molecule has 3 N–H and O–H groups in total. The first kappa shape index (κ1) is 12.8. The number of carbonyl (C=O) groups is 2. The summed E-state index contributed by atoms with van der Waals surface area (Å²) >= 11 is 0. The van der Waals surface area contributed by atoms with Gasteiger partial charge in [0.05, 0.1) is 19.1 Å². The van der Waals surface area contributed by atoms with Crippen molar-refractivity contribution >= 4 is 12.0 Å². The van der Waals surface area contributed by atoms with Crippen LogP contribution >= 0.6 is 0 Å². The van der Waals surface area contributed by atoms with E-state index in [0.717, 1.165) is 19.3 Å². The van der Waals surface area contributed by atoms with Crippen LogP contribution in [0, 0.1) is 0 Å². The first-order valence-electron chi connectivity index (χ1n) is 5.52. The summed E-state index contributed by atoms with van der Waals surface area (Å²) in [6.07, 6.45) is 2.68. The van der Waals surface area contributed by atoms with Crippen molar-refractivity contribution in [3.05, 3.63) is 0 Å². The molecular formula is C10H18N2O4. The maximum absolute atomic E-state index is 11.7. The minimum absolute atomic E-state index is 0.0354. The third kappa shape index (κ3) is 3.69. The van der Waals surface area contributed by atoms with Gasteiger partial charge in [0.1, 0.15) is 0 Å². The van der Waals surface area contributed by atoms with Crippen molar-refractivity contribution in [1.29, 1.82) is 0 Å². The summed E-state index contributed by atoms with van der Waals surface area (Å²) in [4.78, 5) is 23.5. The number of amides is 2. The molecule has 0 aromatic rings. The van der Waals surface area contributed by atoms with Gasteiger partial charge < -0.3 is 20.4 Å². The lowest BCUT2D eigenvalue weighted by Crippen LogP contribution is -2.50. The van der Waals surface area contributed by atoms with Crippen LogP contribution in [0.4, 0.5) is 4.79 Å². The number of carboxylic acid groups (broad SMARTS) is 1. The van der Waals surface area contributed by atoms with E-state index in [1.165, 1.54) is 0 Å². The summed E-state index contributed by atoms with van der Waals surface area (Å²) in [5.41, 5.74) is 0. The number of likely N-dealkylation sites (tertiary alicyclic amines) is 1. The van der Waals surface area contributed by atoms with E-state index in [4.69, 9.17) is 10.2 Å². The molecule has 92 valence electrons. The number of carboxylic acids is 1. The van der Waals surface area contributed by atoms with Crippen molar-refractivity contribution in [1.82, 2.24) is 10.2 Å². The fourth-order valence-electron chi connectivity index (χ4n) is 1.84. The molecule has 16 heavy (non-hydrogen) atoms. The summed E-state index contributed by atoms with van der Waals surface area (Å²) < 4.78 is 0. The fraction of sp³-hybridized carbons (Fsp3) is 0.800. The summed E-state index contributed by atoms with van der Waals surface area (Å²) in [6, 6.07) is -0.404. The highest BCUT2D eigenvalue weighted by Gasteiger charge is 2.25. The van der Waals surface area contributed by atoms with Gasteiger partial charge in [0, 0.05) is 13.1 Å². The molecule has 2 amide bonds. The summed E-state index contributed by atoms with van der Waals surface area (Å²) in [6.45, 7) is 0.722. The Kier molecular flexibility index (Phi) is 5.04. The van der Waals surface area contributed by atoms with E-state index in [1.54, 1.807) is 4.90 Å². The van der Waals surface area contributed by atoms with Gasteiger partial charge in [-0.2, -0.15) is 0 Å². The van der Waals surface area contributed by atoms with Crippen LogP contribution in [-0.2, 0) is 4.79 Å². The Morgan fingerprint density at radius 3 is 2.75 bits per heavy atom. The molecule has 1 atom stereocenters. The number of piperidine rings is 1. The van der Waals surface area contributed by atoms with E-state index < -0.39 is 5.97 Å². The Balaban J connectivity index is 2.35. The monoisotopic (exact) mass is 230 g/mol. The van der Waals surface area contributed by atoms with Crippen LogP contribution in [0.15, 0.2) is 0 Å². The van der Waals surface area contributed by atoms with E-state index in [2.05, 4.69) is 5.32 Å². The van der Waals surface area contributed by atoms with Crippen LogP contribution in [0.3, 0.4) is 0 Å². The molecule has 1 aliphatic rings. The molecule has 1 unspecified atom stereocenters. The molecule has 0 saturated carbocycles. The number of carbonyl (C=O) groups excluding carboxylic acids is 1. The zero-order chi connectivity index (χ0) is 12.0. The van der Waals surface area contributed by atoms with Crippen LogP contribution in [0.1, 0.15) is 25.7 Å². The van der Waals surface area contributed by atoms with Crippen LogP contribution < -0.4 is 5.32 Å². The summed E-state index contributed by atoms with van der Waals surface area (Å²) in [5, 5.41) is 20.1. The molecular weight excluding hydrogens is 212 g/mol. The van der Waals surface area contributed by atoms with Crippen molar-refractivity contribution < 1.29 is 19.8 Å². The van der Waals surface area contributed by atoms with Crippen molar-refractivity contribution in [3.63, 3.8) is 0 Å². The van der Waals surface area contributed by atoms with Crippen LogP contribution in [0.2, 0.25) is 0 Å². The molecule has 1 heterocycles. The molecule has 6 heteroatoms. The predicted octanol–water partition coefficient (Wildman–Crippen LogP) is 0.0175. The number of aliphatic hydroxyl groups is 1. The van der Waals surface area contributed by atoms with Crippen molar-refractivity contribution in [3.8, 4) is 0 Å². The van der Waals surface area contributed by atoms with Gasteiger partial charge in [0.15, 0.2) is 0 Å². The zero-order valence-corrected chi connectivity index (χ0v) is 9.19. The second-order valence-electron chi connectivity index (χ2n) is 3.90. The van der Waals surface area contributed by atoms with Crippen molar-refractivity contribution in [2.75, 3.05) is 19.7 Å². The number of aliphatic carboxylic acids is 1. The third-order valence-electron chi connectivity index (χ3n) is 2.71. The highest BCUT2D eigenvalue weighted by atomic mass is 16.4. The Labute approximate surface area is 94.2 Å². The van der Waals surface area contributed by atoms with Gasteiger partial charge in [-0.3, -0.25) is 4.79 Å². The number of aliphatic hydroxyl groups excluding tert-OH is 1. The van der Waals surface area contributed by atoms with E-state index >= 15 is 0 Å². The fourth-order valence-corrected chi connectivity index (χ4v) is 1.84. The maximum atomic E-state index is 11.7. The predicted molar refractivity (Wildman–Crippen MR) is 57.1 cm³/mol. The highest BCUT2D eigenvalue weighted by Crippen LogP contribution is 2.16. The number of nitrogens with zero attached hydrogens (tertiary/aromatic N) is 1. The highest BCUT2D eigenvalue weighted by molar-refractivity contribution is 5.75. The second-order valence-corrected chi connectivity index (χ2v) is 3.90. The van der Waals surface area contributed by atoms with E-state index in [0.29, 0.717) is 6.54 Å².